The summed E-state index contributed by atoms with van der Waals surface area (Å²) in [7, 11) is 0. The third kappa shape index (κ3) is 2.74. The molecule has 0 aliphatic heterocycles. The van der Waals surface area contributed by atoms with Crippen LogP contribution in [0.4, 0.5) is 0 Å². The zero-order valence-corrected chi connectivity index (χ0v) is 7.90. The number of rotatable bonds is 5. The summed E-state index contributed by atoms with van der Waals surface area (Å²) < 4.78 is 10.1. The standard InChI is InChI=1S/C10H12O4/c1-2-13-7-14-9-6-4-3-5-8(9)10(11)12/h3-6H,2,7H2,1H3,(H,11,12). The Morgan fingerprint density at radius 1 is 1.43 bits per heavy atom. The van der Waals surface area contributed by atoms with Gasteiger partial charge in [-0.3, -0.25) is 0 Å². The van der Waals surface area contributed by atoms with E-state index in [0.717, 1.165) is 0 Å². The van der Waals surface area contributed by atoms with Crippen molar-refractivity contribution in [3.8, 4) is 5.75 Å². The van der Waals surface area contributed by atoms with Gasteiger partial charge in [0.2, 0.25) is 0 Å². The van der Waals surface area contributed by atoms with Crippen LogP contribution >= 0.6 is 0 Å². The van der Waals surface area contributed by atoms with Crippen LogP contribution in [0.25, 0.3) is 0 Å². The molecule has 1 N–H and O–H groups in total. The van der Waals surface area contributed by atoms with E-state index in [-0.39, 0.29) is 12.4 Å². The molecule has 0 atom stereocenters. The van der Waals surface area contributed by atoms with Crippen LogP contribution in [-0.2, 0) is 4.74 Å². The Kier molecular flexibility index (Phi) is 3.94. The lowest BCUT2D eigenvalue weighted by Gasteiger charge is -2.07. The van der Waals surface area contributed by atoms with Crippen molar-refractivity contribution in [2.45, 2.75) is 6.92 Å². The minimum absolute atomic E-state index is 0.0702. The molecule has 0 heterocycles. The van der Waals surface area contributed by atoms with Crippen molar-refractivity contribution in [2.75, 3.05) is 13.4 Å². The number of aromatic carboxylic acids is 1. The highest BCUT2D eigenvalue weighted by molar-refractivity contribution is 5.90. The zero-order valence-electron chi connectivity index (χ0n) is 7.90. The van der Waals surface area contributed by atoms with Crippen LogP contribution < -0.4 is 4.74 Å². The second-order valence-electron chi connectivity index (χ2n) is 2.56. The van der Waals surface area contributed by atoms with Gasteiger partial charge in [-0.05, 0) is 19.1 Å². The van der Waals surface area contributed by atoms with Crippen molar-refractivity contribution in [1.82, 2.24) is 0 Å². The fourth-order valence-electron chi connectivity index (χ4n) is 0.958. The average molecular weight is 196 g/mol. The third-order valence-electron chi connectivity index (χ3n) is 1.62. The topological polar surface area (TPSA) is 55.8 Å². The van der Waals surface area contributed by atoms with Gasteiger partial charge in [0, 0.05) is 6.61 Å². The van der Waals surface area contributed by atoms with E-state index in [1.165, 1.54) is 6.07 Å². The molecule has 0 bridgehead atoms. The molecule has 1 aromatic rings. The first kappa shape index (κ1) is 10.5. The van der Waals surface area contributed by atoms with Crippen molar-refractivity contribution in [3.05, 3.63) is 29.8 Å². The van der Waals surface area contributed by atoms with E-state index in [2.05, 4.69) is 0 Å². The van der Waals surface area contributed by atoms with Crippen molar-refractivity contribution >= 4 is 5.97 Å². The first-order chi connectivity index (χ1) is 6.75. The highest BCUT2D eigenvalue weighted by Crippen LogP contribution is 2.17. The van der Waals surface area contributed by atoms with Crippen LogP contribution in [0.5, 0.6) is 5.75 Å². The van der Waals surface area contributed by atoms with Crippen LogP contribution in [0.3, 0.4) is 0 Å². The van der Waals surface area contributed by atoms with Gasteiger partial charge in [-0.2, -0.15) is 0 Å². The number of carboxylic acids is 1. The van der Waals surface area contributed by atoms with Crippen molar-refractivity contribution in [1.29, 1.82) is 0 Å². The van der Waals surface area contributed by atoms with E-state index in [0.29, 0.717) is 12.4 Å². The lowest BCUT2D eigenvalue weighted by Crippen LogP contribution is -2.06. The van der Waals surface area contributed by atoms with Gasteiger partial charge >= 0.3 is 5.97 Å². The summed E-state index contributed by atoms with van der Waals surface area (Å²) in [6.07, 6.45) is 0. The molecule has 1 aromatic carbocycles. The molecule has 4 nitrogen and oxygen atoms in total. The van der Waals surface area contributed by atoms with E-state index in [1.807, 2.05) is 6.92 Å². The van der Waals surface area contributed by atoms with Gasteiger partial charge in [0.1, 0.15) is 11.3 Å². The number of carbonyl (C=O) groups is 1. The molecule has 14 heavy (non-hydrogen) atoms. The fourth-order valence-corrected chi connectivity index (χ4v) is 0.958. The number of hydrogen-bond donors (Lipinski definition) is 1. The maximum Gasteiger partial charge on any atom is 0.339 e. The SMILES string of the molecule is CCOCOc1ccccc1C(=O)O. The molecule has 0 aromatic heterocycles. The molecule has 0 fully saturated rings. The second-order valence-corrected chi connectivity index (χ2v) is 2.56. The Morgan fingerprint density at radius 3 is 2.79 bits per heavy atom. The first-order valence-corrected chi connectivity index (χ1v) is 4.28. The third-order valence-corrected chi connectivity index (χ3v) is 1.62. The van der Waals surface area contributed by atoms with Crippen LogP contribution in [0, 0.1) is 0 Å². The molecule has 0 spiro atoms. The summed E-state index contributed by atoms with van der Waals surface area (Å²) in [6, 6.07) is 6.46. The zero-order chi connectivity index (χ0) is 10.4. The summed E-state index contributed by atoms with van der Waals surface area (Å²) in [6.45, 7) is 2.45. The summed E-state index contributed by atoms with van der Waals surface area (Å²) in [5.41, 5.74) is 0.146. The molecule has 0 saturated carbocycles. The highest BCUT2D eigenvalue weighted by atomic mass is 16.7. The molecule has 1 rings (SSSR count). The van der Waals surface area contributed by atoms with Crippen LogP contribution in [0.1, 0.15) is 17.3 Å². The Hall–Kier alpha value is -1.55. The molecule has 0 unspecified atom stereocenters. The van der Waals surface area contributed by atoms with Gasteiger partial charge in [0.15, 0.2) is 6.79 Å². The van der Waals surface area contributed by atoms with Crippen molar-refractivity contribution in [2.24, 2.45) is 0 Å². The predicted octanol–water partition coefficient (Wildman–Crippen LogP) is 1.76. The lowest BCUT2D eigenvalue weighted by atomic mass is 10.2. The van der Waals surface area contributed by atoms with E-state index >= 15 is 0 Å². The molecule has 4 heteroatoms. The van der Waals surface area contributed by atoms with Gasteiger partial charge in [-0.15, -0.1) is 0 Å². The maximum atomic E-state index is 10.7. The molecular formula is C10H12O4. The van der Waals surface area contributed by atoms with Gasteiger partial charge < -0.3 is 14.6 Å². The van der Waals surface area contributed by atoms with Gasteiger partial charge in [0.25, 0.3) is 0 Å². The monoisotopic (exact) mass is 196 g/mol. The summed E-state index contributed by atoms with van der Waals surface area (Å²) in [5, 5.41) is 8.80. The molecule has 0 aliphatic rings. The lowest BCUT2D eigenvalue weighted by molar-refractivity contribution is 0.0214. The fraction of sp³-hybridized carbons (Fsp3) is 0.300. The van der Waals surface area contributed by atoms with Crippen LogP contribution in [0.15, 0.2) is 24.3 Å². The Morgan fingerprint density at radius 2 is 2.14 bits per heavy atom. The Bertz CT molecular complexity index is 309. The van der Waals surface area contributed by atoms with E-state index in [1.54, 1.807) is 18.2 Å². The minimum atomic E-state index is -1.00. The van der Waals surface area contributed by atoms with E-state index in [9.17, 15) is 4.79 Å². The molecule has 0 saturated heterocycles. The number of ether oxygens (including phenoxy) is 2. The molecule has 0 aliphatic carbocycles. The highest BCUT2D eigenvalue weighted by Gasteiger charge is 2.09. The van der Waals surface area contributed by atoms with Gasteiger partial charge in [0.05, 0.1) is 0 Å². The van der Waals surface area contributed by atoms with E-state index in [4.69, 9.17) is 14.6 Å². The summed E-state index contributed by atoms with van der Waals surface area (Å²) >= 11 is 0. The second kappa shape index (κ2) is 5.24. The largest absolute Gasteiger partial charge is 0.478 e. The Balaban J connectivity index is 2.69. The van der Waals surface area contributed by atoms with Gasteiger partial charge in [-0.25, -0.2) is 4.79 Å². The Labute approximate surface area is 82.1 Å². The van der Waals surface area contributed by atoms with Crippen molar-refractivity contribution < 1.29 is 19.4 Å². The molecular weight excluding hydrogens is 184 g/mol. The molecule has 0 amide bonds. The maximum absolute atomic E-state index is 10.7. The van der Waals surface area contributed by atoms with Crippen LogP contribution in [-0.4, -0.2) is 24.5 Å². The van der Waals surface area contributed by atoms with Gasteiger partial charge in [-0.1, -0.05) is 12.1 Å². The smallest absolute Gasteiger partial charge is 0.339 e. The normalized spacial score (nSPS) is 9.79. The number of hydrogen-bond acceptors (Lipinski definition) is 3. The predicted molar refractivity (Wildman–Crippen MR) is 50.5 cm³/mol. The summed E-state index contributed by atoms with van der Waals surface area (Å²) in [4.78, 5) is 10.7. The average Bonchev–Trinajstić information content (AvgIpc) is 2.19. The first-order valence-electron chi connectivity index (χ1n) is 4.28. The van der Waals surface area contributed by atoms with Crippen LogP contribution in [0.2, 0.25) is 0 Å². The summed E-state index contributed by atoms with van der Waals surface area (Å²) in [5.74, 6) is -0.675. The molecule has 76 valence electrons. The quantitative estimate of drug-likeness (QED) is 0.575. The number of benzene rings is 1. The van der Waals surface area contributed by atoms with Crippen molar-refractivity contribution in [3.63, 3.8) is 0 Å². The number of carboxylic acid groups (broad SMARTS) is 1. The molecule has 0 radical (unpaired) electrons. The minimum Gasteiger partial charge on any atom is -0.478 e. The number of para-hydroxylation sites is 1. The van der Waals surface area contributed by atoms with E-state index < -0.39 is 5.97 Å².